The van der Waals surface area contributed by atoms with Crippen LogP contribution in [0.25, 0.3) is 0 Å². The van der Waals surface area contributed by atoms with Gasteiger partial charge in [0.2, 0.25) is 0 Å². The van der Waals surface area contributed by atoms with Gasteiger partial charge in [-0.1, -0.05) is 13.8 Å². The molecule has 1 N–H and O–H groups in total. The van der Waals surface area contributed by atoms with Gasteiger partial charge in [0, 0.05) is 31.3 Å². The Bertz CT molecular complexity index is 527. The highest BCUT2D eigenvalue weighted by Crippen LogP contribution is 2.26. The number of rotatable bonds is 6. The lowest BCUT2D eigenvalue weighted by atomic mass is 10.1. The summed E-state index contributed by atoms with van der Waals surface area (Å²) in [5, 5.41) is 13.8. The molecule has 0 atom stereocenters. The van der Waals surface area contributed by atoms with Crippen LogP contribution in [0.4, 0.5) is 11.4 Å². The summed E-state index contributed by atoms with van der Waals surface area (Å²) in [6, 6.07) is 4.57. The Hall–Kier alpha value is -2.11. The highest BCUT2D eigenvalue weighted by molar-refractivity contribution is 5.96. The minimum Gasteiger partial charge on any atom is -0.383 e. The van der Waals surface area contributed by atoms with E-state index in [0.29, 0.717) is 23.7 Å². The van der Waals surface area contributed by atoms with E-state index in [-0.39, 0.29) is 17.6 Å². The third-order valence-electron chi connectivity index (χ3n) is 3.16. The van der Waals surface area contributed by atoms with Crippen molar-refractivity contribution in [3.63, 3.8) is 0 Å². The summed E-state index contributed by atoms with van der Waals surface area (Å²) < 4.78 is 0. The third kappa shape index (κ3) is 4.18. The maximum atomic E-state index is 12.6. The molecule has 0 radical (unpaired) electrons. The van der Waals surface area contributed by atoms with Gasteiger partial charge in [0.1, 0.15) is 5.69 Å². The topological polar surface area (TPSA) is 75.5 Å². The van der Waals surface area contributed by atoms with E-state index in [1.807, 2.05) is 27.7 Å². The van der Waals surface area contributed by atoms with Gasteiger partial charge in [-0.15, -0.1) is 0 Å². The lowest BCUT2D eigenvalue weighted by Gasteiger charge is -2.28. The molecule has 0 aliphatic heterocycles. The van der Waals surface area contributed by atoms with Gasteiger partial charge in [-0.05, 0) is 31.9 Å². The molecule has 0 aromatic heterocycles. The Labute approximate surface area is 125 Å². The second-order valence-electron chi connectivity index (χ2n) is 5.68. The number of carbonyl (C=O) groups is 1. The molecule has 0 fully saturated rings. The predicted molar refractivity (Wildman–Crippen MR) is 83.7 cm³/mol. The molecule has 0 spiro atoms. The maximum absolute atomic E-state index is 12.6. The molecule has 0 unspecified atom stereocenters. The average molecular weight is 293 g/mol. The molecule has 1 rings (SSSR count). The van der Waals surface area contributed by atoms with Crippen molar-refractivity contribution in [1.82, 2.24) is 4.90 Å². The number of hydrogen-bond acceptors (Lipinski definition) is 4. The fourth-order valence-electron chi connectivity index (χ4n) is 2.11. The number of nitro benzene ring substituents is 1. The van der Waals surface area contributed by atoms with Gasteiger partial charge in [-0.25, -0.2) is 0 Å². The molecule has 6 nitrogen and oxygen atoms in total. The molecule has 21 heavy (non-hydrogen) atoms. The van der Waals surface area contributed by atoms with Crippen LogP contribution < -0.4 is 5.32 Å². The molecule has 0 aliphatic carbocycles. The highest BCUT2D eigenvalue weighted by Gasteiger charge is 2.23. The zero-order chi connectivity index (χ0) is 16.2. The van der Waals surface area contributed by atoms with Gasteiger partial charge in [-0.2, -0.15) is 0 Å². The second kappa shape index (κ2) is 7.06. The summed E-state index contributed by atoms with van der Waals surface area (Å²) in [5.41, 5.74) is 0.656. The zero-order valence-corrected chi connectivity index (χ0v) is 13.2. The number of hydrogen-bond donors (Lipinski definition) is 1. The molecule has 0 saturated heterocycles. The van der Waals surface area contributed by atoms with E-state index in [4.69, 9.17) is 0 Å². The van der Waals surface area contributed by atoms with Crippen molar-refractivity contribution < 1.29 is 9.72 Å². The van der Waals surface area contributed by atoms with Gasteiger partial charge >= 0.3 is 0 Å². The third-order valence-corrected chi connectivity index (χ3v) is 3.16. The molecular weight excluding hydrogens is 270 g/mol. The second-order valence-corrected chi connectivity index (χ2v) is 5.68. The smallest absolute Gasteiger partial charge is 0.293 e. The van der Waals surface area contributed by atoms with E-state index in [0.717, 1.165) is 0 Å². The van der Waals surface area contributed by atoms with E-state index < -0.39 is 4.92 Å². The number of anilines is 1. The zero-order valence-electron chi connectivity index (χ0n) is 13.2. The summed E-state index contributed by atoms with van der Waals surface area (Å²) in [6.07, 6.45) is 0. The van der Waals surface area contributed by atoms with Crippen molar-refractivity contribution in [2.24, 2.45) is 5.92 Å². The Balaban J connectivity index is 3.16. The highest BCUT2D eigenvalue weighted by atomic mass is 16.6. The fourth-order valence-corrected chi connectivity index (χ4v) is 2.11. The van der Waals surface area contributed by atoms with E-state index in [2.05, 4.69) is 5.32 Å². The molecule has 0 heterocycles. The van der Waals surface area contributed by atoms with Gasteiger partial charge in [0.15, 0.2) is 0 Å². The van der Waals surface area contributed by atoms with Gasteiger partial charge < -0.3 is 10.2 Å². The van der Waals surface area contributed by atoms with Gasteiger partial charge in [0.05, 0.1) is 4.92 Å². The number of nitro groups is 1. The number of amides is 1. The summed E-state index contributed by atoms with van der Waals surface area (Å²) in [6.45, 7) is 8.58. The fraction of sp³-hybridized carbons (Fsp3) is 0.533. The van der Waals surface area contributed by atoms with Crippen molar-refractivity contribution in [2.75, 3.05) is 18.9 Å². The van der Waals surface area contributed by atoms with Crippen LogP contribution in [-0.4, -0.2) is 35.4 Å². The minimum absolute atomic E-state index is 0.0444. The van der Waals surface area contributed by atoms with Crippen molar-refractivity contribution in [3.8, 4) is 0 Å². The van der Waals surface area contributed by atoms with Gasteiger partial charge in [-0.3, -0.25) is 14.9 Å². The van der Waals surface area contributed by atoms with Gasteiger partial charge in [0.25, 0.3) is 11.6 Å². The molecule has 1 aromatic carbocycles. The van der Waals surface area contributed by atoms with Crippen LogP contribution in [0.5, 0.6) is 0 Å². The first-order chi connectivity index (χ1) is 9.77. The van der Waals surface area contributed by atoms with Crippen molar-refractivity contribution >= 4 is 17.3 Å². The molecule has 0 bridgehead atoms. The lowest BCUT2D eigenvalue weighted by Crippen LogP contribution is -2.39. The molecule has 1 amide bonds. The van der Waals surface area contributed by atoms with E-state index in [1.54, 1.807) is 24.1 Å². The van der Waals surface area contributed by atoms with Crippen LogP contribution in [0, 0.1) is 16.0 Å². The lowest BCUT2D eigenvalue weighted by molar-refractivity contribution is -0.384. The van der Waals surface area contributed by atoms with Crippen molar-refractivity contribution in [2.45, 2.75) is 33.7 Å². The number of nitrogens with zero attached hydrogens (tertiary/aromatic N) is 2. The van der Waals surface area contributed by atoms with Crippen LogP contribution >= 0.6 is 0 Å². The number of benzene rings is 1. The maximum Gasteiger partial charge on any atom is 0.293 e. The van der Waals surface area contributed by atoms with Crippen molar-refractivity contribution in [3.05, 3.63) is 33.9 Å². The Morgan fingerprint density at radius 2 is 1.95 bits per heavy atom. The van der Waals surface area contributed by atoms with Crippen LogP contribution in [0.2, 0.25) is 0 Å². The standard InChI is InChI=1S/C15H23N3O3/c1-10(2)9-17(11(3)4)15(19)12-6-7-13(16-5)14(8-12)18(20)21/h6-8,10-11,16H,9H2,1-5H3. The summed E-state index contributed by atoms with van der Waals surface area (Å²) in [4.78, 5) is 24.9. The van der Waals surface area contributed by atoms with E-state index in [9.17, 15) is 14.9 Å². The number of carbonyl (C=O) groups excluding carboxylic acids is 1. The van der Waals surface area contributed by atoms with E-state index in [1.165, 1.54) is 6.07 Å². The molecular formula is C15H23N3O3. The molecule has 0 saturated carbocycles. The Kier molecular flexibility index (Phi) is 5.69. The van der Waals surface area contributed by atoms with E-state index >= 15 is 0 Å². The first-order valence-electron chi connectivity index (χ1n) is 7.05. The average Bonchev–Trinajstić information content (AvgIpc) is 2.42. The molecule has 116 valence electrons. The summed E-state index contributed by atoms with van der Waals surface area (Å²) in [5.74, 6) is 0.160. The first-order valence-corrected chi connectivity index (χ1v) is 7.05. The first kappa shape index (κ1) is 16.9. The van der Waals surface area contributed by atoms with Crippen LogP contribution in [0.15, 0.2) is 18.2 Å². The van der Waals surface area contributed by atoms with Crippen LogP contribution in [0.3, 0.4) is 0 Å². The number of nitrogens with one attached hydrogen (secondary N) is 1. The van der Waals surface area contributed by atoms with Crippen LogP contribution in [0.1, 0.15) is 38.1 Å². The monoisotopic (exact) mass is 293 g/mol. The quantitative estimate of drug-likeness (QED) is 0.645. The summed E-state index contributed by atoms with van der Waals surface area (Å²) >= 11 is 0. The Morgan fingerprint density at radius 3 is 2.38 bits per heavy atom. The largest absolute Gasteiger partial charge is 0.383 e. The molecule has 6 heteroatoms. The SMILES string of the molecule is CNc1ccc(C(=O)N(CC(C)C)C(C)C)cc1[N+](=O)[O-]. The Morgan fingerprint density at radius 1 is 1.33 bits per heavy atom. The van der Waals surface area contributed by atoms with Crippen molar-refractivity contribution in [1.29, 1.82) is 0 Å². The minimum atomic E-state index is -0.481. The normalized spacial score (nSPS) is 10.8. The molecule has 1 aromatic rings. The molecule has 0 aliphatic rings. The van der Waals surface area contributed by atoms with Crippen LogP contribution in [-0.2, 0) is 0 Å². The summed E-state index contributed by atoms with van der Waals surface area (Å²) in [7, 11) is 1.61. The predicted octanol–water partition coefficient (Wildman–Crippen LogP) is 3.14.